The van der Waals surface area contributed by atoms with Crippen molar-refractivity contribution in [1.29, 1.82) is 0 Å². The third-order valence-electron chi connectivity index (χ3n) is 7.40. The summed E-state index contributed by atoms with van der Waals surface area (Å²) in [5, 5.41) is 6.26. The summed E-state index contributed by atoms with van der Waals surface area (Å²) in [5.74, 6) is 0.979. The van der Waals surface area contributed by atoms with Crippen molar-refractivity contribution in [1.82, 2.24) is 10.6 Å². The number of nitrogens with one attached hydrogen (secondary N) is 2. The van der Waals surface area contributed by atoms with Crippen LogP contribution in [0.4, 0.5) is 0 Å². The van der Waals surface area contributed by atoms with Crippen LogP contribution in [-0.2, 0) is 23.9 Å². The first-order chi connectivity index (χ1) is 16.5. The molecule has 0 aromatic heterocycles. The molecular formula is C27H48N2O5. The molecule has 2 fully saturated rings. The molecule has 1 saturated carbocycles. The number of carbonyl (C=O) groups excluding carboxylic acids is 3. The van der Waals surface area contributed by atoms with Crippen LogP contribution >= 0.6 is 0 Å². The zero-order valence-electron chi connectivity index (χ0n) is 21.6. The van der Waals surface area contributed by atoms with E-state index >= 15 is 0 Å². The van der Waals surface area contributed by atoms with Gasteiger partial charge in [0.15, 0.2) is 5.78 Å². The predicted molar refractivity (Wildman–Crippen MR) is 134 cm³/mol. The molecule has 34 heavy (non-hydrogen) atoms. The van der Waals surface area contributed by atoms with E-state index in [4.69, 9.17) is 9.47 Å². The Bertz CT molecular complexity index is 602. The molecule has 0 radical (unpaired) electrons. The van der Waals surface area contributed by atoms with E-state index in [0.717, 1.165) is 32.1 Å². The van der Waals surface area contributed by atoms with Gasteiger partial charge in [0.25, 0.3) is 0 Å². The lowest BCUT2D eigenvalue weighted by Gasteiger charge is -2.14. The summed E-state index contributed by atoms with van der Waals surface area (Å²) in [7, 11) is 0. The van der Waals surface area contributed by atoms with Crippen LogP contribution < -0.4 is 10.6 Å². The Morgan fingerprint density at radius 3 is 2.12 bits per heavy atom. The molecular weight excluding hydrogens is 432 g/mol. The number of ether oxygens (including phenoxy) is 2. The van der Waals surface area contributed by atoms with Crippen LogP contribution in [0.3, 0.4) is 0 Å². The van der Waals surface area contributed by atoms with Crippen LogP contribution in [0.25, 0.3) is 0 Å². The summed E-state index contributed by atoms with van der Waals surface area (Å²) in [6, 6.07) is 0.228. The number of rotatable bonds is 15. The van der Waals surface area contributed by atoms with Crippen molar-refractivity contribution < 1.29 is 23.9 Å². The third-order valence-corrected chi connectivity index (χ3v) is 7.40. The standard InChI is InChI=1S/C27H48N2O5/c1-21-22(2)29-24(27(21)32)13-9-10-16-28-26(31)15-18-34-20-19-33-17-14-25(30)23-11-7-5-3-4-6-8-12-23/h21-24,29H,3-20H2,1-2H3,(H,28,31)/t21?,22?,24-/m0/s1. The summed E-state index contributed by atoms with van der Waals surface area (Å²) < 4.78 is 11.0. The van der Waals surface area contributed by atoms with Crippen molar-refractivity contribution in [2.45, 2.75) is 109 Å². The number of amides is 1. The van der Waals surface area contributed by atoms with Crippen LogP contribution in [0.5, 0.6) is 0 Å². The molecule has 2 rings (SSSR count). The monoisotopic (exact) mass is 480 g/mol. The molecule has 7 nitrogen and oxygen atoms in total. The Hall–Kier alpha value is -1.31. The highest BCUT2D eigenvalue weighted by molar-refractivity contribution is 5.88. The van der Waals surface area contributed by atoms with Gasteiger partial charge in [-0.1, -0.05) is 45.4 Å². The molecule has 1 heterocycles. The van der Waals surface area contributed by atoms with Crippen molar-refractivity contribution in [3.05, 3.63) is 0 Å². The van der Waals surface area contributed by atoms with Gasteiger partial charge in [0.2, 0.25) is 5.91 Å². The fraction of sp³-hybridized carbons (Fsp3) is 0.889. The first-order valence-corrected chi connectivity index (χ1v) is 13.7. The molecule has 2 unspecified atom stereocenters. The van der Waals surface area contributed by atoms with Gasteiger partial charge in [-0.2, -0.15) is 0 Å². The molecule has 0 aromatic rings. The Labute approximate surface area is 206 Å². The first-order valence-electron chi connectivity index (χ1n) is 13.7. The summed E-state index contributed by atoms with van der Waals surface area (Å²) in [5.41, 5.74) is 0. The third kappa shape index (κ3) is 11.4. The smallest absolute Gasteiger partial charge is 0.222 e. The maximum atomic E-state index is 12.4. The molecule has 2 aliphatic rings. The van der Waals surface area contributed by atoms with Gasteiger partial charge >= 0.3 is 0 Å². The number of Topliss-reactive ketones (excluding diaryl/α,β-unsaturated/α-hetero) is 2. The Morgan fingerprint density at radius 1 is 0.882 bits per heavy atom. The summed E-state index contributed by atoms with van der Waals surface area (Å²) in [4.78, 5) is 36.4. The van der Waals surface area contributed by atoms with E-state index in [1.54, 1.807) is 0 Å². The number of unbranched alkanes of at least 4 members (excludes halogenated alkanes) is 1. The van der Waals surface area contributed by atoms with Gasteiger partial charge in [-0.05, 0) is 39.0 Å². The lowest BCUT2D eigenvalue weighted by Crippen LogP contribution is -2.30. The largest absolute Gasteiger partial charge is 0.379 e. The molecule has 0 bridgehead atoms. The van der Waals surface area contributed by atoms with Gasteiger partial charge in [0.1, 0.15) is 5.78 Å². The highest BCUT2D eigenvalue weighted by atomic mass is 16.5. The van der Waals surface area contributed by atoms with Gasteiger partial charge in [-0.3, -0.25) is 14.4 Å². The average molecular weight is 481 g/mol. The van der Waals surface area contributed by atoms with Crippen molar-refractivity contribution in [3.63, 3.8) is 0 Å². The zero-order chi connectivity index (χ0) is 24.6. The minimum atomic E-state index is -0.0274. The van der Waals surface area contributed by atoms with E-state index in [1.807, 2.05) is 6.92 Å². The summed E-state index contributed by atoms with van der Waals surface area (Å²) >= 11 is 0. The van der Waals surface area contributed by atoms with Crippen LogP contribution in [0.2, 0.25) is 0 Å². The molecule has 7 heteroatoms. The second-order valence-electron chi connectivity index (χ2n) is 10.1. The molecule has 3 atom stereocenters. The fourth-order valence-corrected chi connectivity index (χ4v) is 4.94. The minimum Gasteiger partial charge on any atom is -0.379 e. The molecule has 2 N–H and O–H groups in total. The highest BCUT2D eigenvalue weighted by Gasteiger charge is 2.35. The molecule has 1 amide bonds. The molecule has 1 aliphatic heterocycles. The second kappa shape index (κ2) is 17.2. The van der Waals surface area contributed by atoms with E-state index in [-0.39, 0.29) is 29.8 Å². The van der Waals surface area contributed by atoms with Gasteiger partial charge in [-0.15, -0.1) is 0 Å². The highest BCUT2D eigenvalue weighted by Crippen LogP contribution is 2.23. The zero-order valence-corrected chi connectivity index (χ0v) is 21.6. The fourth-order valence-electron chi connectivity index (χ4n) is 4.94. The maximum absolute atomic E-state index is 12.4. The molecule has 196 valence electrons. The Kier molecular flexibility index (Phi) is 14.6. The number of hydrogen-bond acceptors (Lipinski definition) is 6. The second-order valence-corrected chi connectivity index (χ2v) is 10.1. The molecule has 0 aromatic carbocycles. The van der Waals surface area contributed by atoms with E-state index in [1.165, 1.54) is 38.5 Å². The van der Waals surface area contributed by atoms with Gasteiger partial charge < -0.3 is 20.1 Å². The van der Waals surface area contributed by atoms with Crippen molar-refractivity contribution >= 4 is 17.5 Å². The van der Waals surface area contributed by atoms with Crippen molar-refractivity contribution in [3.8, 4) is 0 Å². The van der Waals surface area contributed by atoms with Crippen LogP contribution in [0.1, 0.15) is 97.3 Å². The molecule has 0 spiro atoms. The average Bonchev–Trinajstić information content (AvgIpc) is 3.15. The normalized spacial score (nSPS) is 24.4. The Balaban J connectivity index is 1.38. The maximum Gasteiger partial charge on any atom is 0.222 e. The number of hydrogen-bond donors (Lipinski definition) is 2. The van der Waals surface area contributed by atoms with Crippen molar-refractivity contribution in [2.75, 3.05) is 33.0 Å². The Morgan fingerprint density at radius 2 is 1.50 bits per heavy atom. The first kappa shape index (κ1) is 28.9. The lowest BCUT2D eigenvalue weighted by atomic mass is 9.91. The number of carbonyl (C=O) groups is 3. The van der Waals surface area contributed by atoms with Crippen LogP contribution in [0.15, 0.2) is 0 Å². The van der Waals surface area contributed by atoms with Gasteiger partial charge in [0, 0.05) is 37.3 Å². The van der Waals surface area contributed by atoms with E-state index in [9.17, 15) is 14.4 Å². The van der Waals surface area contributed by atoms with Crippen molar-refractivity contribution in [2.24, 2.45) is 11.8 Å². The molecule has 1 aliphatic carbocycles. The SMILES string of the molecule is CC1N[C@@H](CCCCNC(=O)CCOCCOCCC(=O)C2CCCCCCCC2)C(=O)C1C. The minimum absolute atomic E-state index is 0.0150. The molecule has 1 saturated heterocycles. The topological polar surface area (TPSA) is 93.7 Å². The summed E-state index contributed by atoms with van der Waals surface area (Å²) in [6.45, 7) is 6.37. The number of ketones is 2. The van der Waals surface area contributed by atoms with Crippen LogP contribution in [0, 0.1) is 11.8 Å². The van der Waals surface area contributed by atoms with Gasteiger partial charge in [-0.25, -0.2) is 0 Å². The predicted octanol–water partition coefficient (Wildman–Crippen LogP) is 3.97. The van der Waals surface area contributed by atoms with E-state index < -0.39 is 0 Å². The summed E-state index contributed by atoms with van der Waals surface area (Å²) in [6.07, 6.45) is 13.0. The van der Waals surface area contributed by atoms with E-state index in [0.29, 0.717) is 57.4 Å². The van der Waals surface area contributed by atoms with E-state index in [2.05, 4.69) is 17.6 Å². The van der Waals surface area contributed by atoms with Gasteiger partial charge in [0.05, 0.1) is 32.5 Å². The lowest BCUT2D eigenvalue weighted by molar-refractivity contribution is -0.125. The van der Waals surface area contributed by atoms with Crippen LogP contribution in [-0.4, -0.2) is 62.5 Å². The quantitative estimate of drug-likeness (QED) is 0.345.